The van der Waals surface area contributed by atoms with Crippen molar-refractivity contribution in [3.8, 4) is 17.2 Å². The summed E-state index contributed by atoms with van der Waals surface area (Å²) in [5.41, 5.74) is 0.948. The van der Waals surface area contributed by atoms with Gasteiger partial charge in [-0.05, 0) is 24.5 Å². The molecule has 1 aromatic rings. The summed E-state index contributed by atoms with van der Waals surface area (Å²) in [4.78, 5) is 26.4. The first kappa shape index (κ1) is 42.0. The van der Waals surface area contributed by atoms with Crippen LogP contribution in [-0.2, 0) is 11.2 Å². The summed E-state index contributed by atoms with van der Waals surface area (Å²) >= 11 is 0. The Hall–Kier alpha value is -2.04. The fourth-order valence-electron chi connectivity index (χ4n) is 6.54. The van der Waals surface area contributed by atoms with Gasteiger partial charge in [0, 0.05) is 19.3 Å². The minimum atomic E-state index is -0.175. The molecule has 266 valence electrons. The number of Topliss-reactive ketones (excluding diaryl/α,β-unsaturated/α-hetero) is 2. The summed E-state index contributed by atoms with van der Waals surface area (Å²) in [6.07, 6.45) is 33.9. The van der Waals surface area contributed by atoms with E-state index in [9.17, 15) is 14.7 Å². The number of ketones is 2. The third-order valence-electron chi connectivity index (χ3n) is 9.46. The highest BCUT2D eigenvalue weighted by atomic mass is 16.5. The number of carbonyl (C=O) groups excluding carboxylic acids is 2. The highest BCUT2D eigenvalue weighted by molar-refractivity contribution is 6.02. The van der Waals surface area contributed by atoms with Crippen molar-refractivity contribution >= 4 is 11.6 Å². The molecule has 1 rings (SSSR count). The van der Waals surface area contributed by atoms with E-state index in [0.29, 0.717) is 24.0 Å². The van der Waals surface area contributed by atoms with Crippen molar-refractivity contribution in [1.29, 1.82) is 0 Å². The van der Waals surface area contributed by atoms with Crippen LogP contribution >= 0.6 is 0 Å². The van der Waals surface area contributed by atoms with Crippen LogP contribution in [0.2, 0.25) is 0 Å². The lowest BCUT2D eigenvalue weighted by Gasteiger charge is -2.17. The van der Waals surface area contributed by atoms with E-state index in [1.807, 2.05) is 0 Å². The molecule has 0 spiro atoms. The molecule has 0 bridgehead atoms. The standard InChI is InChI=1S/C41H72O5/c1-5-7-9-11-13-15-17-19-21-23-25-27-29-31-36(42)33-35-34-38(45-3)40(44)41(46-4)39(35)37(43)32-30-28-26-24-22-20-18-16-14-12-10-8-6-2/h34,44H,5-33H2,1-4H3. The SMILES string of the molecule is CCCCCCCCCCCCCCCC(=O)Cc1cc(OC)c(O)c(OC)c1C(=O)CCCCCCCCCCCCCCC. The number of phenolic OH excluding ortho intramolecular Hbond substituents is 1. The van der Waals surface area contributed by atoms with Gasteiger partial charge in [-0.1, -0.05) is 168 Å². The molecule has 0 saturated carbocycles. The second kappa shape index (κ2) is 29.1. The lowest BCUT2D eigenvalue weighted by molar-refractivity contribution is -0.118. The topological polar surface area (TPSA) is 72.8 Å². The smallest absolute Gasteiger partial charge is 0.201 e. The molecule has 1 aromatic carbocycles. The zero-order valence-electron chi connectivity index (χ0n) is 30.7. The molecule has 0 aromatic heterocycles. The van der Waals surface area contributed by atoms with E-state index in [-0.39, 0.29) is 35.2 Å². The van der Waals surface area contributed by atoms with Crippen LogP contribution in [0.15, 0.2) is 6.07 Å². The Morgan fingerprint density at radius 3 is 1.28 bits per heavy atom. The average molecular weight is 645 g/mol. The second-order valence-electron chi connectivity index (χ2n) is 13.6. The Labute approximate surface area is 284 Å². The quantitative estimate of drug-likeness (QED) is 0.0609. The Balaban J connectivity index is 2.41. The first-order valence-corrected chi connectivity index (χ1v) is 19.5. The lowest BCUT2D eigenvalue weighted by Crippen LogP contribution is -2.12. The van der Waals surface area contributed by atoms with Gasteiger partial charge in [0.2, 0.25) is 5.75 Å². The number of benzene rings is 1. The highest BCUT2D eigenvalue weighted by Gasteiger charge is 2.25. The molecule has 46 heavy (non-hydrogen) atoms. The minimum Gasteiger partial charge on any atom is -0.502 e. The number of phenols is 1. The van der Waals surface area contributed by atoms with Crippen molar-refractivity contribution in [1.82, 2.24) is 0 Å². The van der Waals surface area contributed by atoms with Crippen LogP contribution in [0.3, 0.4) is 0 Å². The summed E-state index contributed by atoms with van der Waals surface area (Å²) in [6.45, 7) is 4.53. The molecule has 0 radical (unpaired) electrons. The monoisotopic (exact) mass is 645 g/mol. The van der Waals surface area contributed by atoms with Gasteiger partial charge in [-0.3, -0.25) is 9.59 Å². The van der Waals surface area contributed by atoms with Crippen molar-refractivity contribution in [2.75, 3.05) is 14.2 Å². The third kappa shape index (κ3) is 19.6. The van der Waals surface area contributed by atoms with E-state index in [0.717, 1.165) is 32.1 Å². The van der Waals surface area contributed by atoms with Crippen molar-refractivity contribution in [3.05, 3.63) is 17.2 Å². The first-order chi connectivity index (χ1) is 22.5. The Bertz CT molecular complexity index is 909. The molecule has 5 nitrogen and oxygen atoms in total. The van der Waals surface area contributed by atoms with E-state index < -0.39 is 0 Å². The van der Waals surface area contributed by atoms with Gasteiger partial charge in [-0.15, -0.1) is 0 Å². The van der Waals surface area contributed by atoms with Gasteiger partial charge in [0.05, 0.1) is 19.8 Å². The van der Waals surface area contributed by atoms with Crippen LogP contribution in [0.5, 0.6) is 17.2 Å². The van der Waals surface area contributed by atoms with Gasteiger partial charge in [0.25, 0.3) is 0 Å². The third-order valence-corrected chi connectivity index (χ3v) is 9.46. The number of hydrogen-bond donors (Lipinski definition) is 1. The van der Waals surface area contributed by atoms with Crippen LogP contribution in [0, 0.1) is 0 Å². The second-order valence-corrected chi connectivity index (χ2v) is 13.6. The first-order valence-electron chi connectivity index (χ1n) is 19.5. The molecule has 5 heteroatoms. The Morgan fingerprint density at radius 1 is 0.543 bits per heavy atom. The molecular weight excluding hydrogens is 572 g/mol. The van der Waals surface area contributed by atoms with Gasteiger partial charge in [-0.25, -0.2) is 0 Å². The fraction of sp³-hybridized carbons (Fsp3) is 0.805. The number of hydrogen-bond acceptors (Lipinski definition) is 5. The molecule has 0 amide bonds. The molecule has 0 unspecified atom stereocenters. The van der Waals surface area contributed by atoms with Gasteiger partial charge in [0.1, 0.15) is 5.78 Å². The van der Waals surface area contributed by atoms with E-state index in [4.69, 9.17) is 9.47 Å². The maximum Gasteiger partial charge on any atom is 0.201 e. The molecule has 0 atom stereocenters. The molecule has 0 heterocycles. The van der Waals surface area contributed by atoms with Gasteiger partial charge in [0.15, 0.2) is 17.3 Å². The Kier molecular flexibility index (Phi) is 26.6. The van der Waals surface area contributed by atoms with Crippen molar-refractivity contribution in [2.24, 2.45) is 0 Å². The number of ether oxygens (including phenoxy) is 2. The summed E-state index contributed by atoms with van der Waals surface area (Å²) < 4.78 is 10.9. The van der Waals surface area contributed by atoms with Crippen LogP contribution in [0.4, 0.5) is 0 Å². The minimum absolute atomic E-state index is 0.0679. The molecule has 0 fully saturated rings. The number of unbranched alkanes of at least 4 members (excludes halogenated alkanes) is 24. The predicted molar refractivity (Wildman–Crippen MR) is 195 cm³/mol. The maximum atomic E-state index is 13.4. The van der Waals surface area contributed by atoms with Crippen LogP contribution in [-0.4, -0.2) is 30.9 Å². The predicted octanol–water partition coefficient (Wildman–Crippen LogP) is 12.7. The molecular formula is C41H72O5. The largest absolute Gasteiger partial charge is 0.502 e. The van der Waals surface area contributed by atoms with Gasteiger partial charge in [-0.2, -0.15) is 0 Å². The van der Waals surface area contributed by atoms with Crippen molar-refractivity contribution < 1.29 is 24.2 Å². The number of rotatable bonds is 33. The maximum absolute atomic E-state index is 13.4. The number of methoxy groups -OCH3 is 2. The van der Waals surface area contributed by atoms with E-state index >= 15 is 0 Å². The van der Waals surface area contributed by atoms with Crippen LogP contribution < -0.4 is 9.47 Å². The number of aromatic hydroxyl groups is 1. The molecule has 0 aliphatic rings. The normalized spacial score (nSPS) is 11.2. The van der Waals surface area contributed by atoms with Crippen molar-refractivity contribution in [2.45, 2.75) is 200 Å². The van der Waals surface area contributed by atoms with Crippen LogP contribution in [0.1, 0.15) is 210 Å². The average Bonchev–Trinajstić information content (AvgIpc) is 3.05. The molecule has 0 aliphatic carbocycles. The van der Waals surface area contributed by atoms with Gasteiger partial charge < -0.3 is 14.6 Å². The van der Waals surface area contributed by atoms with E-state index in [1.54, 1.807) is 6.07 Å². The number of carbonyl (C=O) groups is 2. The summed E-state index contributed by atoms with van der Waals surface area (Å²) in [5, 5.41) is 10.7. The van der Waals surface area contributed by atoms with Gasteiger partial charge >= 0.3 is 0 Å². The molecule has 0 aliphatic heterocycles. The summed E-state index contributed by atoms with van der Waals surface area (Å²) in [6, 6.07) is 1.65. The van der Waals surface area contributed by atoms with Crippen LogP contribution in [0.25, 0.3) is 0 Å². The Morgan fingerprint density at radius 2 is 0.913 bits per heavy atom. The molecule has 1 N–H and O–H groups in total. The van der Waals surface area contributed by atoms with Crippen molar-refractivity contribution in [3.63, 3.8) is 0 Å². The van der Waals surface area contributed by atoms with E-state index in [1.165, 1.54) is 149 Å². The highest BCUT2D eigenvalue weighted by Crippen LogP contribution is 2.42. The molecule has 0 saturated heterocycles. The zero-order valence-corrected chi connectivity index (χ0v) is 30.7. The van der Waals surface area contributed by atoms with E-state index in [2.05, 4.69) is 13.8 Å². The summed E-state index contributed by atoms with van der Waals surface area (Å²) in [7, 11) is 2.93. The fourth-order valence-corrected chi connectivity index (χ4v) is 6.54. The summed E-state index contributed by atoms with van der Waals surface area (Å²) in [5.74, 6) is 0.238. The zero-order chi connectivity index (χ0) is 33.7. The lowest BCUT2D eigenvalue weighted by atomic mass is 9.93.